The Morgan fingerprint density at radius 1 is 1.21 bits per heavy atom. The Bertz CT molecular complexity index is 795. The van der Waals surface area contributed by atoms with Crippen molar-refractivity contribution in [3.05, 3.63) is 59.7 Å². The van der Waals surface area contributed by atoms with Crippen LogP contribution in [0.3, 0.4) is 0 Å². The highest BCUT2D eigenvalue weighted by Gasteiger charge is 2.19. The molecule has 1 unspecified atom stereocenters. The molecular weight excluding hydrogens is 322 g/mol. The van der Waals surface area contributed by atoms with Crippen LogP contribution in [0.2, 0.25) is 0 Å². The Morgan fingerprint density at radius 3 is 2.67 bits per heavy atom. The van der Waals surface area contributed by atoms with Gasteiger partial charge in [0.1, 0.15) is 5.25 Å². The first-order chi connectivity index (χ1) is 11.5. The van der Waals surface area contributed by atoms with Crippen LogP contribution in [0.4, 0.5) is 5.69 Å². The average molecular weight is 339 g/mol. The van der Waals surface area contributed by atoms with Crippen LogP contribution < -0.4 is 5.32 Å². The summed E-state index contributed by atoms with van der Waals surface area (Å²) in [5.74, 6) is 1.93. The number of nitrogens with one attached hydrogen (secondary N) is 1. The Hall–Kier alpha value is -2.71. The Kier molecular flexibility index (Phi) is 6.05. The number of terminal acetylenes is 1. The molecule has 24 heavy (non-hydrogen) atoms. The van der Waals surface area contributed by atoms with Gasteiger partial charge in [-0.05, 0) is 37.3 Å². The predicted octanol–water partition coefficient (Wildman–Crippen LogP) is 3.57. The number of amides is 1. The molecule has 122 valence electrons. The van der Waals surface area contributed by atoms with Crippen LogP contribution in [0, 0.1) is 12.3 Å². The molecule has 0 radical (unpaired) electrons. The molecule has 0 heterocycles. The van der Waals surface area contributed by atoms with Gasteiger partial charge in [-0.25, -0.2) is 0 Å². The number of carbonyl (C=O) groups is 2. The summed E-state index contributed by atoms with van der Waals surface area (Å²) in [6.45, 7) is 1.74. The Balaban J connectivity index is 2.20. The fourth-order valence-electron chi connectivity index (χ4n) is 2.05. The van der Waals surface area contributed by atoms with Crippen molar-refractivity contribution >= 4 is 29.3 Å². The topological polar surface area (TPSA) is 55.4 Å². The maximum atomic E-state index is 12.6. The van der Waals surface area contributed by atoms with Crippen LogP contribution in [-0.2, 0) is 9.53 Å². The van der Waals surface area contributed by atoms with Crippen molar-refractivity contribution in [2.75, 3.05) is 12.4 Å². The maximum Gasteiger partial charge on any atom is 0.318 e. The van der Waals surface area contributed by atoms with Gasteiger partial charge >= 0.3 is 5.97 Å². The van der Waals surface area contributed by atoms with E-state index >= 15 is 0 Å². The maximum absolute atomic E-state index is 12.6. The average Bonchev–Trinajstić information content (AvgIpc) is 2.61. The van der Waals surface area contributed by atoms with Crippen molar-refractivity contribution in [3.8, 4) is 12.3 Å². The molecule has 0 spiro atoms. The van der Waals surface area contributed by atoms with Gasteiger partial charge in [0.25, 0.3) is 5.91 Å². The fraction of sp³-hybridized carbons (Fsp3) is 0.158. The first-order valence-corrected chi connectivity index (χ1v) is 8.14. The van der Waals surface area contributed by atoms with Crippen molar-refractivity contribution in [1.29, 1.82) is 0 Å². The minimum atomic E-state index is -0.409. The van der Waals surface area contributed by atoms with Crippen molar-refractivity contribution in [1.82, 2.24) is 0 Å². The molecule has 2 aromatic carbocycles. The minimum absolute atomic E-state index is 0.260. The highest BCUT2D eigenvalue weighted by atomic mass is 32.2. The third kappa shape index (κ3) is 4.40. The molecule has 1 amide bonds. The summed E-state index contributed by atoms with van der Waals surface area (Å²) in [5, 5.41) is 2.42. The molecule has 4 nitrogen and oxygen atoms in total. The molecule has 1 N–H and O–H groups in total. The zero-order valence-electron chi connectivity index (χ0n) is 13.4. The van der Waals surface area contributed by atoms with E-state index in [1.807, 2.05) is 6.07 Å². The van der Waals surface area contributed by atoms with E-state index in [-0.39, 0.29) is 11.9 Å². The Labute approximate surface area is 145 Å². The number of methoxy groups -OCH3 is 1. The highest BCUT2D eigenvalue weighted by Crippen LogP contribution is 2.28. The van der Waals surface area contributed by atoms with Gasteiger partial charge in [0.2, 0.25) is 0 Å². The largest absolute Gasteiger partial charge is 0.468 e. The van der Waals surface area contributed by atoms with Gasteiger partial charge in [-0.2, -0.15) is 0 Å². The molecule has 0 aliphatic rings. The molecule has 0 aliphatic heterocycles. The highest BCUT2D eigenvalue weighted by molar-refractivity contribution is 8.00. The third-order valence-corrected chi connectivity index (χ3v) is 4.41. The van der Waals surface area contributed by atoms with E-state index in [1.54, 1.807) is 49.4 Å². The van der Waals surface area contributed by atoms with Crippen molar-refractivity contribution in [2.24, 2.45) is 0 Å². The van der Waals surface area contributed by atoms with E-state index in [1.165, 1.54) is 18.9 Å². The molecule has 0 saturated heterocycles. The standard InChI is InChI=1S/C19H17NO3S/c1-4-14-8-7-9-15(12-14)20-18(21)16-10-5-6-11-17(16)24-13(2)19(22)23-3/h1,5-13H,2-3H3,(H,20,21). The van der Waals surface area contributed by atoms with Crippen molar-refractivity contribution in [3.63, 3.8) is 0 Å². The summed E-state index contributed by atoms with van der Waals surface area (Å²) in [4.78, 5) is 24.9. The summed E-state index contributed by atoms with van der Waals surface area (Å²) in [6.07, 6.45) is 5.37. The number of rotatable bonds is 5. The van der Waals surface area contributed by atoms with Crippen molar-refractivity contribution in [2.45, 2.75) is 17.1 Å². The van der Waals surface area contributed by atoms with Crippen LogP contribution in [0.25, 0.3) is 0 Å². The number of hydrogen-bond acceptors (Lipinski definition) is 4. The predicted molar refractivity (Wildman–Crippen MR) is 96.1 cm³/mol. The Morgan fingerprint density at radius 2 is 1.96 bits per heavy atom. The quantitative estimate of drug-likeness (QED) is 0.514. The van der Waals surface area contributed by atoms with E-state index < -0.39 is 5.25 Å². The van der Waals surface area contributed by atoms with Gasteiger partial charge in [-0.1, -0.05) is 24.1 Å². The van der Waals surface area contributed by atoms with Crippen molar-refractivity contribution < 1.29 is 14.3 Å². The second-order valence-electron chi connectivity index (χ2n) is 4.96. The lowest BCUT2D eigenvalue weighted by molar-refractivity contribution is -0.139. The van der Waals surface area contributed by atoms with Gasteiger partial charge in [-0.3, -0.25) is 9.59 Å². The molecule has 1 atom stereocenters. The SMILES string of the molecule is C#Cc1cccc(NC(=O)c2ccccc2SC(C)C(=O)OC)c1. The molecule has 2 rings (SSSR count). The summed E-state index contributed by atoms with van der Waals surface area (Å²) >= 11 is 1.28. The molecule has 5 heteroatoms. The second-order valence-corrected chi connectivity index (χ2v) is 6.34. The van der Waals surface area contributed by atoms with Crippen LogP contribution in [0.1, 0.15) is 22.8 Å². The van der Waals surface area contributed by atoms with Gasteiger partial charge in [0.15, 0.2) is 0 Å². The number of ether oxygens (including phenoxy) is 1. The first-order valence-electron chi connectivity index (χ1n) is 7.26. The fourth-order valence-corrected chi connectivity index (χ4v) is 3.06. The van der Waals surface area contributed by atoms with E-state index in [2.05, 4.69) is 11.2 Å². The van der Waals surface area contributed by atoms with Crippen LogP contribution >= 0.6 is 11.8 Å². The number of benzene rings is 2. The smallest absolute Gasteiger partial charge is 0.318 e. The second kappa shape index (κ2) is 8.23. The van der Waals surface area contributed by atoms with E-state index in [0.29, 0.717) is 21.7 Å². The van der Waals surface area contributed by atoms with Crippen LogP contribution in [0.5, 0.6) is 0 Å². The van der Waals surface area contributed by atoms with E-state index in [4.69, 9.17) is 11.2 Å². The third-order valence-electron chi connectivity index (χ3n) is 3.26. The summed E-state index contributed by atoms with van der Waals surface area (Å²) in [5.41, 5.74) is 1.80. The van der Waals surface area contributed by atoms with Gasteiger partial charge < -0.3 is 10.1 Å². The molecular formula is C19H17NO3S. The molecule has 0 bridgehead atoms. The van der Waals surface area contributed by atoms with Gasteiger partial charge in [0, 0.05) is 16.1 Å². The molecule has 0 fully saturated rings. The normalized spacial score (nSPS) is 11.2. The monoisotopic (exact) mass is 339 g/mol. The van der Waals surface area contributed by atoms with E-state index in [0.717, 1.165) is 0 Å². The summed E-state index contributed by atoms with van der Waals surface area (Å²) < 4.78 is 4.73. The van der Waals surface area contributed by atoms with Crippen LogP contribution in [0.15, 0.2) is 53.4 Å². The number of esters is 1. The van der Waals surface area contributed by atoms with Gasteiger partial charge in [0.05, 0.1) is 12.7 Å². The zero-order chi connectivity index (χ0) is 17.5. The summed E-state index contributed by atoms with van der Waals surface area (Å²) in [7, 11) is 1.34. The lowest BCUT2D eigenvalue weighted by atomic mass is 10.2. The molecule has 2 aromatic rings. The number of carbonyl (C=O) groups excluding carboxylic acids is 2. The lowest BCUT2D eigenvalue weighted by Gasteiger charge is -2.13. The van der Waals surface area contributed by atoms with Crippen LogP contribution in [-0.4, -0.2) is 24.2 Å². The first kappa shape index (κ1) is 17.6. The minimum Gasteiger partial charge on any atom is -0.468 e. The lowest BCUT2D eigenvalue weighted by Crippen LogP contribution is -2.17. The number of hydrogen-bond donors (Lipinski definition) is 1. The zero-order valence-corrected chi connectivity index (χ0v) is 14.2. The van der Waals surface area contributed by atoms with E-state index in [9.17, 15) is 9.59 Å². The summed E-state index contributed by atoms with van der Waals surface area (Å²) in [6, 6.07) is 14.2. The molecule has 0 aliphatic carbocycles. The number of thioether (sulfide) groups is 1. The number of anilines is 1. The van der Waals surface area contributed by atoms with Gasteiger partial charge in [-0.15, -0.1) is 18.2 Å². The molecule has 0 aromatic heterocycles. The molecule has 0 saturated carbocycles.